The molecule has 1 aromatic heterocycles. The molecule has 1 N–H and O–H groups in total. The standard InChI is InChI=1S/C10H14ClFN4/c1-16-5-7(12)4-8(6-16)13-10-3-2-9(11)14-15-10/h2-3,7-8H,4-6H2,1H3,(H,13,15). The Morgan fingerprint density at radius 1 is 1.44 bits per heavy atom. The van der Waals surface area contributed by atoms with Gasteiger partial charge in [-0.2, -0.15) is 0 Å². The highest BCUT2D eigenvalue weighted by Gasteiger charge is 2.24. The molecular weight excluding hydrogens is 231 g/mol. The minimum Gasteiger partial charge on any atom is -0.364 e. The minimum atomic E-state index is -0.781. The number of nitrogens with one attached hydrogen (secondary N) is 1. The van der Waals surface area contributed by atoms with Crippen molar-refractivity contribution < 1.29 is 4.39 Å². The summed E-state index contributed by atoms with van der Waals surface area (Å²) in [6.07, 6.45) is -0.272. The van der Waals surface area contributed by atoms with Crippen LogP contribution in [0.5, 0.6) is 0 Å². The Morgan fingerprint density at radius 3 is 2.88 bits per heavy atom. The van der Waals surface area contributed by atoms with Crippen LogP contribution in [0.15, 0.2) is 12.1 Å². The first kappa shape index (κ1) is 11.5. The van der Waals surface area contributed by atoms with Gasteiger partial charge in [0.1, 0.15) is 12.0 Å². The van der Waals surface area contributed by atoms with Crippen LogP contribution in [0.4, 0.5) is 10.2 Å². The van der Waals surface area contributed by atoms with Crippen molar-refractivity contribution in [2.24, 2.45) is 0 Å². The second-order valence-electron chi connectivity index (χ2n) is 4.14. The van der Waals surface area contributed by atoms with E-state index < -0.39 is 6.17 Å². The first-order valence-corrected chi connectivity index (χ1v) is 5.59. The molecule has 1 aromatic rings. The van der Waals surface area contributed by atoms with E-state index in [0.29, 0.717) is 23.9 Å². The van der Waals surface area contributed by atoms with Crippen LogP contribution in [-0.4, -0.2) is 47.4 Å². The van der Waals surface area contributed by atoms with Crippen molar-refractivity contribution in [3.63, 3.8) is 0 Å². The van der Waals surface area contributed by atoms with Gasteiger partial charge >= 0.3 is 0 Å². The average Bonchev–Trinajstić information content (AvgIpc) is 2.20. The molecule has 1 aliphatic heterocycles. The molecule has 88 valence electrons. The number of hydrogen-bond acceptors (Lipinski definition) is 4. The maximum Gasteiger partial charge on any atom is 0.151 e. The van der Waals surface area contributed by atoms with Crippen LogP contribution >= 0.6 is 11.6 Å². The van der Waals surface area contributed by atoms with Crippen LogP contribution < -0.4 is 5.32 Å². The molecule has 0 aliphatic carbocycles. The van der Waals surface area contributed by atoms with E-state index in [9.17, 15) is 4.39 Å². The number of aromatic nitrogens is 2. The lowest BCUT2D eigenvalue weighted by Gasteiger charge is -2.32. The molecule has 0 spiro atoms. The van der Waals surface area contributed by atoms with Crippen molar-refractivity contribution in [3.8, 4) is 0 Å². The maximum atomic E-state index is 13.3. The van der Waals surface area contributed by atoms with Gasteiger partial charge in [-0.1, -0.05) is 11.6 Å². The highest BCUT2D eigenvalue weighted by molar-refractivity contribution is 6.29. The zero-order valence-corrected chi connectivity index (χ0v) is 9.78. The molecule has 4 nitrogen and oxygen atoms in total. The quantitative estimate of drug-likeness (QED) is 0.858. The summed E-state index contributed by atoms with van der Waals surface area (Å²) in [7, 11) is 1.91. The van der Waals surface area contributed by atoms with Gasteiger partial charge in [-0.15, -0.1) is 10.2 Å². The van der Waals surface area contributed by atoms with Crippen LogP contribution in [0.1, 0.15) is 6.42 Å². The van der Waals surface area contributed by atoms with E-state index in [1.54, 1.807) is 12.1 Å². The number of likely N-dealkylation sites (tertiary alicyclic amines) is 1. The summed E-state index contributed by atoms with van der Waals surface area (Å²) in [5, 5.41) is 11.1. The van der Waals surface area contributed by atoms with Gasteiger partial charge < -0.3 is 10.2 Å². The van der Waals surface area contributed by atoms with Crippen molar-refractivity contribution in [2.75, 3.05) is 25.5 Å². The predicted molar refractivity (Wildman–Crippen MR) is 61.5 cm³/mol. The fraction of sp³-hybridized carbons (Fsp3) is 0.600. The van der Waals surface area contributed by atoms with E-state index in [-0.39, 0.29) is 6.04 Å². The Hall–Kier alpha value is -0.940. The van der Waals surface area contributed by atoms with E-state index in [0.717, 1.165) is 6.54 Å². The highest BCUT2D eigenvalue weighted by atomic mass is 35.5. The molecule has 1 saturated heterocycles. The second kappa shape index (κ2) is 4.93. The molecule has 6 heteroatoms. The summed E-state index contributed by atoms with van der Waals surface area (Å²) in [6, 6.07) is 3.48. The number of nitrogens with zero attached hydrogens (tertiary/aromatic N) is 3. The van der Waals surface area contributed by atoms with Gasteiger partial charge in [-0.25, -0.2) is 4.39 Å². The van der Waals surface area contributed by atoms with Gasteiger partial charge in [0.05, 0.1) is 0 Å². The summed E-state index contributed by atoms with van der Waals surface area (Å²) in [5.41, 5.74) is 0. The number of alkyl halides is 1. The Labute approximate surface area is 98.8 Å². The fourth-order valence-electron chi connectivity index (χ4n) is 1.95. The fourth-order valence-corrected chi connectivity index (χ4v) is 2.05. The SMILES string of the molecule is CN1CC(F)CC(Nc2ccc(Cl)nn2)C1. The number of halogens is 2. The van der Waals surface area contributed by atoms with E-state index in [1.807, 2.05) is 11.9 Å². The summed E-state index contributed by atoms with van der Waals surface area (Å²) in [5.74, 6) is 0.636. The zero-order chi connectivity index (χ0) is 11.5. The molecular formula is C10H14ClFN4. The predicted octanol–water partition coefficient (Wildman–Crippen LogP) is 1.58. The number of likely N-dealkylation sites (N-methyl/N-ethyl adjacent to an activating group) is 1. The molecule has 2 rings (SSSR count). The van der Waals surface area contributed by atoms with Gasteiger partial charge in [0.15, 0.2) is 5.15 Å². The molecule has 0 amide bonds. The highest BCUT2D eigenvalue weighted by Crippen LogP contribution is 2.16. The first-order valence-electron chi connectivity index (χ1n) is 5.22. The molecule has 0 aromatic carbocycles. The summed E-state index contributed by atoms with van der Waals surface area (Å²) < 4.78 is 13.3. The molecule has 16 heavy (non-hydrogen) atoms. The van der Waals surface area contributed by atoms with E-state index in [4.69, 9.17) is 11.6 Å². The monoisotopic (exact) mass is 244 g/mol. The molecule has 0 radical (unpaired) electrons. The third-order valence-electron chi connectivity index (χ3n) is 2.57. The normalized spacial score (nSPS) is 26.7. The topological polar surface area (TPSA) is 41.0 Å². The molecule has 1 aliphatic rings. The number of anilines is 1. The largest absolute Gasteiger partial charge is 0.364 e. The summed E-state index contributed by atoms with van der Waals surface area (Å²) >= 11 is 5.63. The third kappa shape index (κ3) is 3.02. The molecule has 1 fully saturated rings. The Balaban J connectivity index is 1.96. The van der Waals surface area contributed by atoms with Crippen LogP contribution in [0.2, 0.25) is 5.15 Å². The number of rotatable bonds is 2. The average molecular weight is 245 g/mol. The van der Waals surface area contributed by atoms with Gasteiger partial charge in [0.2, 0.25) is 0 Å². The van der Waals surface area contributed by atoms with Crippen LogP contribution in [-0.2, 0) is 0 Å². The van der Waals surface area contributed by atoms with Crippen LogP contribution in [0, 0.1) is 0 Å². The summed E-state index contributed by atoms with van der Waals surface area (Å²) in [6.45, 7) is 1.31. The van der Waals surface area contributed by atoms with Crippen molar-refractivity contribution in [2.45, 2.75) is 18.6 Å². The molecule has 2 heterocycles. The lowest BCUT2D eigenvalue weighted by atomic mass is 10.0. The molecule has 2 atom stereocenters. The molecule has 0 bridgehead atoms. The smallest absolute Gasteiger partial charge is 0.151 e. The van der Waals surface area contributed by atoms with E-state index in [2.05, 4.69) is 15.5 Å². The zero-order valence-electron chi connectivity index (χ0n) is 9.03. The Kier molecular flexibility index (Phi) is 3.56. The lowest BCUT2D eigenvalue weighted by molar-refractivity contribution is 0.153. The van der Waals surface area contributed by atoms with Gasteiger partial charge in [-0.3, -0.25) is 0 Å². The van der Waals surface area contributed by atoms with E-state index >= 15 is 0 Å². The Morgan fingerprint density at radius 2 is 2.25 bits per heavy atom. The maximum absolute atomic E-state index is 13.3. The van der Waals surface area contributed by atoms with Crippen molar-refractivity contribution >= 4 is 17.4 Å². The van der Waals surface area contributed by atoms with Gasteiger partial charge in [0.25, 0.3) is 0 Å². The second-order valence-corrected chi connectivity index (χ2v) is 4.52. The van der Waals surface area contributed by atoms with Crippen LogP contribution in [0.25, 0.3) is 0 Å². The Bertz CT molecular complexity index is 335. The molecule has 0 saturated carbocycles. The van der Waals surface area contributed by atoms with Crippen LogP contribution in [0.3, 0.4) is 0 Å². The summed E-state index contributed by atoms with van der Waals surface area (Å²) in [4.78, 5) is 1.97. The van der Waals surface area contributed by atoms with Crippen molar-refractivity contribution in [1.82, 2.24) is 15.1 Å². The molecule has 2 unspecified atom stereocenters. The van der Waals surface area contributed by atoms with Crippen molar-refractivity contribution in [1.29, 1.82) is 0 Å². The number of piperidine rings is 1. The van der Waals surface area contributed by atoms with Gasteiger partial charge in [-0.05, 0) is 19.2 Å². The third-order valence-corrected chi connectivity index (χ3v) is 2.77. The minimum absolute atomic E-state index is 0.0734. The lowest BCUT2D eigenvalue weighted by Crippen LogP contribution is -2.45. The van der Waals surface area contributed by atoms with Crippen molar-refractivity contribution in [3.05, 3.63) is 17.3 Å². The first-order chi connectivity index (χ1) is 7.63. The van der Waals surface area contributed by atoms with Gasteiger partial charge in [0, 0.05) is 25.6 Å². The number of hydrogen-bond donors (Lipinski definition) is 1. The van der Waals surface area contributed by atoms with E-state index in [1.165, 1.54) is 0 Å².